The number of hydrogen-bond acceptors (Lipinski definition) is 3. The molecule has 0 aromatic carbocycles. The molecule has 0 bridgehead atoms. The molecule has 0 saturated carbocycles. The van der Waals surface area contributed by atoms with Crippen LogP contribution in [0.3, 0.4) is 0 Å². The summed E-state index contributed by atoms with van der Waals surface area (Å²) in [5.74, 6) is -0.0671. The number of cyclic esters (lactones) is 1. The van der Waals surface area contributed by atoms with Gasteiger partial charge in [-0.25, -0.2) is 0 Å². The highest BCUT2D eigenvalue weighted by Crippen LogP contribution is 2.31. The maximum Gasteiger partial charge on any atom is 0.308 e. The second kappa shape index (κ2) is 3.44. The Kier molecular flexibility index (Phi) is 2.73. The lowest BCUT2D eigenvalue weighted by Gasteiger charge is -2.34. The topological polar surface area (TPSA) is 35.5 Å². The van der Waals surface area contributed by atoms with Crippen molar-refractivity contribution in [3.8, 4) is 0 Å². The second-order valence-electron chi connectivity index (χ2n) is 3.96. The van der Waals surface area contributed by atoms with Crippen LogP contribution in [0.25, 0.3) is 0 Å². The van der Waals surface area contributed by atoms with Crippen molar-refractivity contribution in [2.75, 3.05) is 20.3 Å². The van der Waals surface area contributed by atoms with Crippen LogP contribution < -0.4 is 0 Å². The second-order valence-corrected chi connectivity index (χ2v) is 3.96. The van der Waals surface area contributed by atoms with Gasteiger partial charge in [0.2, 0.25) is 0 Å². The van der Waals surface area contributed by atoms with Crippen molar-refractivity contribution in [3.63, 3.8) is 0 Å². The first-order chi connectivity index (χ1) is 5.57. The van der Waals surface area contributed by atoms with E-state index in [9.17, 15) is 4.79 Å². The fourth-order valence-corrected chi connectivity index (χ4v) is 1.72. The molecule has 1 aliphatic heterocycles. The summed E-state index contributed by atoms with van der Waals surface area (Å²) < 4.78 is 10.1. The first-order valence-corrected chi connectivity index (χ1v) is 4.23. The molecule has 3 nitrogen and oxygen atoms in total. The summed E-state index contributed by atoms with van der Waals surface area (Å²) in [6.07, 6.45) is 0.861. The van der Waals surface area contributed by atoms with Crippen LogP contribution in [0, 0.1) is 11.3 Å². The molecule has 1 aliphatic rings. The molecule has 0 N–H and O–H groups in total. The minimum atomic E-state index is -0.0800. The third-order valence-corrected chi connectivity index (χ3v) is 2.26. The molecule has 1 rings (SSSR count). The van der Waals surface area contributed by atoms with Crippen molar-refractivity contribution in [3.05, 3.63) is 0 Å². The summed E-state index contributed by atoms with van der Waals surface area (Å²) in [7, 11) is 1.67. The third kappa shape index (κ3) is 1.97. The number of rotatable bonds is 2. The van der Waals surface area contributed by atoms with Crippen molar-refractivity contribution in [1.29, 1.82) is 0 Å². The molecule has 0 amide bonds. The monoisotopic (exact) mass is 172 g/mol. The summed E-state index contributed by atoms with van der Waals surface area (Å²) in [5.41, 5.74) is 0.0159. The van der Waals surface area contributed by atoms with Crippen LogP contribution in [-0.2, 0) is 14.3 Å². The Balaban J connectivity index is 2.54. The predicted octanol–water partition coefficient (Wildman–Crippen LogP) is 1.22. The van der Waals surface area contributed by atoms with E-state index in [1.165, 1.54) is 0 Å². The van der Waals surface area contributed by atoms with E-state index in [0.717, 1.165) is 6.42 Å². The first kappa shape index (κ1) is 9.52. The van der Waals surface area contributed by atoms with Crippen LogP contribution in [0.15, 0.2) is 0 Å². The van der Waals surface area contributed by atoms with E-state index in [1.54, 1.807) is 7.11 Å². The average molecular weight is 172 g/mol. The van der Waals surface area contributed by atoms with E-state index < -0.39 is 0 Å². The Labute approximate surface area is 73.0 Å². The number of methoxy groups -OCH3 is 1. The number of carbonyl (C=O) groups excluding carboxylic acids is 1. The molecule has 0 aromatic rings. The molecular formula is C9H16O3. The predicted molar refractivity (Wildman–Crippen MR) is 44.7 cm³/mol. The highest BCUT2D eigenvalue weighted by molar-refractivity contribution is 5.72. The SMILES string of the molecule is COC[C@]1(C)COC(=O)[C@@H](C)C1. The fraction of sp³-hybridized carbons (Fsp3) is 0.889. The van der Waals surface area contributed by atoms with Gasteiger partial charge in [0.15, 0.2) is 0 Å². The Morgan fingerprint density at radius 1 is 1.75 bits per heavy atom. The minimum absolute atomic E-state index is 0.0129. The summed E-state index contributed by atoms with van der Waals surface area (Å²) >= 11 is 0. The van der Waals surface area contributed by atoms with Crippen LogP contribution in [0.4, 0.5) is 0 Å². The lowest BCUT2D eigenvalue weighted by atomic mass is 9.81. The molecule has 0 aromatic heterocycles. The Morgan fingerprint density at radius 3 is 2.92 bits per heavy atom. The normalized spacial score (nSPS) is 36.2. The Hall–Kier alpha value is -0.570. The van der Waals surface area contributed by atoms with E-state index in [0.29, 0.717) is 13.2 Å². The van der Waals surface area contributed by atoms with Crippen LogP contribution in [-0.4, -0.2) is 26.3 Å². The quantitative estimate of drug-likeness (QED) is 0.587. The van der Waals surface area contributed by atoms with Crippen molar-refractivity contribution < 1.29 is 14.3 Å². The lowest BCUT2D eigenvalue weighted by molar-refractivity contribution is -0.162. The van der Waals surface area contributed by atoms with E-state index >= 15 is 0 Å². The zero-order chi connectivity index (χ0) is 9.19. The van der Waals surface area contributed by atoms with Gasteiger partial charge in [-0.1, -0.05) is 13.8 Å². The third-order valence-electron chi connectivity index (χ3n) is 2.26. The van der Waals surface area contributed by atoms with E-state index in [2.05, 4.69) is 6.92 Å². The molecule has 0 aliphatic carbocycles. The maximum absolute atomic E-state index is 11.0. The van der Waals surface area contributed by atoms with Gasteiger partial charge in [0.25, 0.3) is 0 Å². The largest absolute Gasteiger partial charge is 0.465 e. The van der Waals surface area contributed by atoms with Gasteiger partial charge in [0.1, 0.15) is 0 Å². The highest BCUT2D eigenvalue weighted by Gasteiger charge is 2.36. The summed E-state index contributed by atoms with van der Waals surface area (Å²) in [4.78, 5) is 11.0. The fourth-order valence-electron chi connectivity index (χ4n) is 1.72. The summed E-state index contributed by atoms with van der Waals surface area (Å²) in [6, 6.07) is 0. The summed E-state index contributed by atoms with van der Waals surface area (Å²) in [5, 5.41) is 0. The van der Waals surface area contributed by atoms with Gasteiger partial charge in [-0.05, 0) is 6.42 Å². The smallest absolute Gasteiger partial charge is 0.308 e. The molecule has 3 heteroatoms. The number of carbonyl (C=O) groups is 1. The van der Waals surface area contributed by atoms with Gasteiger partial charge in [-0.2, -0.15) is 0 Å². The van der Waals surface area contributed by atoms with Gasteiger partial charge in [-0.3, -0.25) is 4.79 Å². The Morgan fingerprint density at radius 2 is 2.42 bits per heavy atom. The molecule has 1 fully saturated rings. The van der Waals surface area contributed by atoms with Crippen LogP contribution in [0.5, 0.6) is 0 Å². The maximum atomic E-state index is 11.0. The van der Waals surface area contributed by atoms with Crippen LogP contribution in [0.2, 0.25) is 0 Å². The van der Waals surface area contributed by atoms with E-state index in [1.807, 2.05) is 6.92 Å². The molecule has 0 radical (unpaired) electrons. The van der Waals surface area contributed by atoms with Gasteiger partial charge in [0, 0.05) is 12.5 Å². The number of ether oxygens (including phenoxy) is 2. The molecule has 1 heterocycles. The van der Waals surface area contributed by atoms with Gasteiger partial charge in [-0.15, -0.1) is 0 Å². The van der Waals surface area contributed by atoms with Crippen molar-refractivity contribution >= 4 is 5.97 Å². The van der Waals surface area contributed by atoms with E-state index in [-0.39, 0.29) is 17.3 Å². The molecule has 70 valence electrons. The number of esters is 1. The number of hydrogen-bond donors (Lipinski definition) is 0. The molecule has 2 atom stereocenters. The standard InChI is InChI=1S/C9H16O3/c1-7-4-9(2,5-11-3)6-12-8(7)10/h7H,4-6H2,1-3H3/t7-,9+/m0/s1. The molecule has 0 unspecified atom stereocenters. The highest BCUT2D eigenvalue weighted by atomic mass is 16.5. The Bertz CT molecular complexity index is 179. The molecule has 1 saturated heterocycles. The van der Waals surface area contributed by atoms with Crippen molar-refractivity contribution in [2.24, 2.45) is 11.3 Å². The average Bonchev–Trinajstić information content (AvgIpc) is 1.98. The zero-order valence-corrected chi connectivity index (χ0v) is 7.92. The van der Waals surface area contributed by atoms with Crippen molar-refractivity contribution in [1.82, 2.24) is 0 Å². The van der Waals surface area contributed by atoms with Gasteiger partial charge >= 0.3 is 5.97 Å². The van der Waals surface area contributed by atoms with E-state index in [4.69, 9.17) is 9.47 Å². The summed E-state index contributed by atoms with van der Waals surface area (Å²) in [6.45, 7) is 5.13. The first-order valence-electron chi connectivity index (χ1n) is 4.23. The lowest BCUT2D eigenvalue weighted by Crippen LogP contribution is -2.39. The van der Waals surface area contributed by atoms with Crippen LogP contribution >= 0.6 is 0 Å². The minimum Gasteiger partial charge on any atom is -0.465 e. The molecular weight excluding hydrogens is 156 g/mol. The van der Waals surface area contributed by atoms with Gasteiger partial charge in [0.05, 0.1) is 19.1 Å². The van der Waals surface area contributed by atoms with Crippen LogP contribution in [0.1, 0.15) is 20.3 Å². The van der Waals surface area contributed by atoms with Crippen molar-refractivity contribution in [2.45, 2.75) is 20.3 Å². The molecule has 0 spiro atoms. The van der Waals surface area contributed by atoms with Gasteiger partial charge < -0.3 is 9.47 Å². The zero-order valence-electron chi connectivity index (χ0n) is 7.92. The molecule has 12 heavy (non-hydrogen) atoms.